The topological polar surface area (TPSA) is 59.6 Å². The Morgan fingerprint density at radius 1 is 0.871 bits per heavy atom. The highest BCUT2D eigenvalue weighted by atomic mass is 32.1. The van der Waals surface area contributed by atoms with Gasteiger partial charge in [-0.05, 0) is 54.5 Å². The maximum absolute atomic E-state index is 14.2. The number of anilines is 1. The van der Waals surface area contributed by atoms with Crippen molar-refractivity contribution in [1.82, 2.24) is 5.32 Å². The largest absolute Gasteiger partial charge is 0.453 e. The van der Waals surface area contributed by atoms with Gasteiger partial charge in [0.25, 0.3) is 0 Å². The van der Waals surface area contributed by atoms with Crippen LogP contribution in [0.15, 0.2) is 91.0 Å². The first-order chi connectivity index (χ1) is 15.0. The molecule has 0 aliphatic rings. The summed E-state index contributed by atoms with van der Waals surface area (Å²) in [5, 5.41) is 6.70. The number of thiocarbonyl (C=S) groups is 1. The van der Waals surface area contributed by atoms with Crippen LogP contribution in [0.1, 0.15) is 20.3 Å². The van der Waals surface area contributed by atoms with E-state index in [0.29, 0.717) is 16.6 Å². The standard InChI is InChI=1S/C24H27N2O3PS/c1-3-19(2)23(26-24(31)25-20-13-7-4-8-14-20)30(27,28-21-15-9-5-10-16-21)29-22-17-11-6-12-18-22/h4-19,23H,3H2,1-2H3,(H2,25,26,31)/t19-,23-/m0/s1. The van der Waals surface area contributed by atoms with Gasteiger partial charge in [-0.2, -0.15) is 0 Å². The van der Waals surface area contributed by atoms with Gasteiger partial charge in [0.15, 0.2) is 10.9 Å². The molecule has 31 heavy (non-hydrogen) atoms. The highest BCUT2D eigenvalue weighted by molar-refractivity contribution is 7.80. The zero-order valence-corrected chi connectivity index (χ0v) is 19.3. The van der Waals surface area contributed by atoms with Crippen molar-refractivity contribution in [2.45, 2.75) is 26.1 Å². The molecule has 2 N–H and O–H groups in total. The molecule has 0 aliphatic carbocycles. The fraction of sp³-hybridized carbons (Fsp3) is 0.208. The summed E-state index contributed by atoms with van der Waals surface area (Å²) in [5.74, 6) is 0.230. The Morgan fingerprint density at radius 3 is 1.77 bits per heavy atom. The number of nitrogens with one attached hydrogen (secondary N) is 2. The number of benzene rings is 3. The molecule has 3 aromatic carbocycles. The molecule has 0 aromatic heterocycles. The van der Waals surface area contributed by atoms with Crippen molar-refractivity contribution in [3.05, 3.63) is 91.0 Å². The van der Waals surface area contributed by atoms with E-state index in [0.717, 1.165) is 12.1 Å². The van der Waals surface area contributed by atoms with Crippen molar-refractivity contribution < 1.29 is 13.6 Å². The van der Waals surface area contributed by atoms with E-state index in [1.165, 1.54) is 0 Å². The Hall–Kier alpha value is -2.82. The fourth-order valence-corrected chi connectivity index (χ4v) is 5.52. The van der Waals surface area contributed by atoms with Gasteiger partial charge in [-0.1, -0.05) is 74.9 Å². The Labute approximate surface area is 189 Å². The maximum atomic E-state index is 14.2. The zero-order chi connectivity index (χ0) is 22.1. The number of para-hydroxylation sites is 3. The van der Waals surface area contributed by atoms with Crippen LogP contribution in [0.3, 0.4) is 0 Å². The first kappa shape index (κ1) is 22.9. The average Bonchev–Trinajstić information content (AvgIpc) is 2.79. The van der Waals surface area contributed by atoms with Gasteiger partial charge < -0.3 is 19.7 Å². The first-order valence-corrected chi connectivity index (χ1v) is 12.2. The Balaban J connectivity index is 1.90. The molecule has 0 unspecified atom stereocenters. The predicted molar refractivity (Wildman–Crippen MR) is 131 cm³/mol. The molecule has 0 bridgehead atoms. The van der Waals surface area contributed by atoms with Gasteiger partial charge in [0.05, 0.1) is 0 Å². The monoisotopic (exact) mass is 454 g/mol. The number of rotatable bonds is 9. The molecule has 5 nitrogen and oxygen atoms in total. The molecular formula is C24H27N2O3PS. The van der Waals surface area contributed by atoms with Crippen molar-refractivity contribution in [2.75, 3.05) is 5.32 Å². The third kappa shape index (κ3) is 6.58. The molecule has 0 saturated heterocycles. The first-order valence-electron chi connectivity index (χ1n) is 10.2. The van der Waals surface area contributed by atoms with Gasteiger partial charge in [-0.25, -0.2) is 4.57 Å². The molecule has 3 aromatic rings. The van der Waals surface area contributed by atoms with Crippen LogP contribution >= 0.6 is 19.8 Å². The van der Waals surface area contributed by atoms with Crippen LogP contribution in [0.25, 0.3) is 0 Å². The van der Waals surface area contributed by atoms with Gasteiger partial charge in [-0.3, -0.25) is 0 Å². The van der Waals surface area contributed by atoms with Gasteiger partial charge in [0.2, 0.25) is 0 Å². The minimum absolute atomic E-state index is 0.0474. The van der Waals surface area contributed by atoms with Crippen molar-refractivity contribution >= 4 is 30.6 Å². The summed E-state index contributed by atoms with van der Waals surface area (Å²) < 4.78 is 26.3. The lowest BCUT2D eigenvalue weighted by atomic mass is 10.1. The normalized spacial score (nSPS) is 13.0. The Bertz CT molecular complexity index is 958. The second-order valence-electron chi connectivity index (χ2n) is 7.14. The van der Waals surface area contributed by atoms with Crippen LogP contribution in [0.2, 0.25) is 0 Å². The predicted octanol–water partition coefficient (Wildman–Crippen LogP) is 6.70. The van der Waals surface area contributed by atoms with E-state index >= 15 is 0 Å². The van der Waals surface area contributed by atoms with Crippen molar-refractivity contribution in [1.29, 1.82) is 0 Å². The molecule has 0 aliphatic heterocycles. The van der Waals surface area contributed by atoms with Crippen LogP contribution in [0.4, 0.5) is 5.69 Å². The Morgan fingerprint density at radius 2 is 1.32 bits per heavy atom. The lowest BCUT2D eigenvalue weighted by molar-refractivity contribution is 0.341. The minimum Gasteiger partial charge on any atom is -0.415 e. The summed E-state index contributed by atoms with van der Waals surface area (Å²) in [6.45, 7) is 4.03. The zero-order valence-electron chi connectivity index (χ0n) is 17.6. The molecule has 0 fully saturated rings. The molecule has 0 heterocycles. The fourth-order valence-electron chi connectivity index (χ4n) is 2.97. The van der Waals surface area contributed by atoms with Gasteiger partial charge in [0.1, 0.15) is 11.5 Å². The second-order valence-corrected chi connectivity index (χ2v) is 9.55. The SMILES string of the molecule is CC[C@H](C)[C@@H](NC(=S)Nc1ccccc1)P(=O)(Oc1ccccc1)Oc1ccccc1. The summed E-state index contributed by atoms with van der Waals surface area (Å²) in [6.07, 6.45) is 0.756. The van der Waals surface area contributed by atoms with E-state index in [2.05, 4.69) is 10.6 Å². The molecule has 2 atom stereocenters. The average molecular weight is 455 g/mol. The highest BCUT2D eigenvalue weighted by Gasteiger charge is 2.43. The third-order valence-corrected chi connectivity index (χ3v) is 7.26. The van der Waals surface area contributed by atoms with Crippen molar-refractivity contribution in [3.8, 4) is 11.5 Å². The number of hydrogen-bond donors (Lipinski definition) is 2. The second kappa shape index (κ2) is 11.0. The van der Waals surface area contributed by atoms with E-state index < -0.39 is 13.4 Å². The van der Waals surface area contributed by atoms with E-state index in [4.69, 9.17) is 21.3 Å². The van der Waals surface area contributed by atoms with Crippen LogP contribution in [0.5, 0.6) is 11.5 Å². The summed E-state index contributed by atoms with van der Waals surface area (Å²) in [6, 6.07) is 27.7. The van der Waals surface area contributed by atoms with E-state index in [1.54, 1.807) is 24.3 Å². The van der Waals surface area contributed by atoms with Crippen LogP contribution < -0.4 is 19.7 Å². The lowest BCUT2D eigenvalue weighted by Gasteiger charge is -2.32. The number of hydrogen-bond acceptors (Lipinski definition) is 4. The Kier molecular flexibility index (Phi) is 8.10. The van der Waals surface area contributed by atoms with E-state index in [-0.39, 0.29) is 5.92 Å². The molecule has 3 rings (SSSR count). The minimum atomic E-state index is -3.74. The lowest BCUT2D eigenvalue weighted by Crippen LogP contribution is -2.43. The van der Waals surface area contributed by atoms with Crippen LogP contribution in [-0.4, -0.2) is 10.9 Å². The van der Waals surface area contributed by atoms with Crippen molar-refractivity contribution in [3.63, 3.8) is 0 Å². The van der Waals surface area contributed by atoms with E-state index in [1.807, 2.05) is 80.6 Å². The molecule has 0 amide bonds. The summed E-state index contributed by atoms with van der Waals surface area (Å²) in [5.41, 5.74) is 0.839. The molecule has 0 saturated carbocycles. The highest BCUT2D eigenvalue weighted by Crippen LogP contribution is 2.54. The summed E-state index contributed by atoms with van der Waals surface area (Å²) >= 11 is 5.52. The third-order valence-electron chi connectivity index (χ3n) is 4.79. The van der Waals surface area contributed by atoms with Crippen LogP contribution in [0, 0.1) is 5.92 Å². The maximum Gasteiger partial charge on any atom is 0.453 e. The smallest absolute Gasteiger partial charge is 0.415 e. The summed E-state index contributed by atoms with van der Waals surface area (Å²) in [7, 11) is -3.74. The van der Waals surface area contributed by atoms with Gasteiger partial charge in [0, 0.05) is 5.69 Å². The molecule has 162 valence electrons. The molecular weight excluding hydrogens is 427 g/mol. The molecule has 0 radical (unpaired) electrons. The molecule has 7 heteroatoms. The molecule has 0 spiro atoms. The van der Waals surface area contributed by atoms with Gasteiger partial charge in [-0.15, -0.1) is 0 Å². The van der Waals surface area contributed by atoms with Gasteiger partial charge >= 0.3 is 7.60 Å². The van der Waals surface area contributed by atoms with E-state index in [9.17, 15) is 4.57 Å². The quantitative estimate of drug-likeness (QED) is 0.277. The summed E-state index contributed by atoms with van der Waals surface area (Å²) in [4.78, 5) is 0. The van der Waals surface area contributed by atoms with Crippen molar-refractivity contribution in [2.24, 2.45) is 5.92 Å². The van der Waals surface area contributed by atoms with Crippen LogP contribution in [-0.2, 0) is 4.57 Å².